The van der Waals surface area contributed by atoms with Crippen molar-refractivity contribution in [3.63, 3.8) is 0 Å². The number of benzene rings is 1. The Bertz CT molecular complexity index is 489. The van der Waals surface area contributed by atoms with Gasteiger partial charge in [0.1, 0.15) is 5.56 Å². The van der Waals surface area contributed by atoms with Crippen molar-refractivity contribution < 1.29 is 23.2 Å². The molecule has 0 bridgehead atoms. The summed E-state index contributed by atoms with van der Waals surface area (Å²) >= 11 is 0. The summed E-state index contributed by atoms with van der Waals surface area (Å²) in [6, 6.07) is 2.25. The Labute approximate surface area is 113 Å². The second kappa shape index (κ2) is 6.08. The molecule has 0 fully saturated rings. The van der Waals surface area contributed by atoms with E-state index in [4.69, 9.17) is 5.11 Å². The smallest absolute Gasteiger partial charge is 0.394 e. The van der Waals surface area contributed by atoms with Crippen LogP contribution in [0.5, 0.6) is 0 Å². The number of rotatable bonds is 5. The van der Waals surface area contributed by atoms with Crippen LogP contribution in [0.15, 0.2) is 18.2 Å². The summed E-state index contributed by atoms with van der Waals surface area (Å²) in [5.74, 6) is -0.00970. The van der Waals surface area contributed by atoms with Crippen LogP contribution in [0.2, 0.25) is 0 Å². The topological polar surface area (TPSA) is 75.4 Å². The quantitative estimate of drug-likeness (QED) is 0.646. The number of nitro groups is 1. The monoisotopic (exact) mass is 292 g/mol. The normalized spacial score (nSPS) is 13.3. The molecule has 0 radical (unpaired) electrons. The average Bonchev–Trinajstić information content (AvgIpc) is 2.34. The van der Waals surface area contributed by atoms with E-state index in [2.05, 4.69) is 5.32 Å². The lowest BCUT2D eigenvalue weighted by Crippen LogP contribution is -2.29. The molecule has 0 aliphatic carbocycles. The van der Waals surface area contributed by atoms with Crippen LogP contribution >= 0.6 is 0 Å². The summed E-state index contributed by atoms with van der Waals surface area (Å²) < 4.78 is 38.4. The second-order valence-electron chi connectivity index (χ2n) is 4.66. The highest BCUT2D eigenvalue weighted by molar-refractivity contribution is 5.55. The van der Waals surface area contributed by atoms with Gasteiger partial charge in [-0.2, -0.15) is 13.2 Å². The van der Waals surface area contributed by atoms with Gasteiger partial charge in [-0.05, 0) is 18.1 Å². The maximum atomic E-state index is 12.8. The van der Waals surface area contributed by atoms with Crippen LogP contribution in [0.25, 0.3) is 0 Å². The molecule has 0 saturated carbocycles. The fourth-order valence-corrected chi connectivity index (χ4v) is 1.65. The third-order valence-corrected chi connectivity index (χ3v) is 2.85. The summed E-state index contributed by atoms with van der Waals surface area (Å²) in [4.78, 5) is 9.54. The Kier molecular flexibility index (Phi) is 4.93. The molecule has 1 aromatic rings. The Balaban J connectivity index is 3.16. The number of aliphatic hydroxyl groups is 1. The van der Waals surface area contributed by atoms with Crippen molar-refractivity contribution in [2.24, 2.45) is 5.92 Å². The first-order valence-corrected chi connectivity index (χ1v) is 5.89. The SMILES string of the molecule is CC(C)[C@H](CO)Nc1ccc([N+](=O)[O-])c(C(F)(F)F)c1. The minimum absolute atomic E-state index is 0.00970. The number of anilines is 1. The third kappa shape index (κ3) is 3.83. The summed E-state index contributed by atoms with van der Waals surface area (Å²) in [7, 11) is 0. The van der Waals surface area contributed by atoms with E-state index in [0.717, 1.165) is 6.07 Å². The van der Waals surface area contributed by atoms with E-state index in [-0.39, 0.29) is 18.2 Å². The van der Waals surface area contributed by atoms with Gasteiger partial charge < -0.3 is 10.4 Å². The zero-order valence-corrected chi connectivity index (χ0v) is 10.9. The van der Waals surface area contributed by atoms with Crippen LogP contribution in [0, 0.1) is 16.0 Å². The van der Waals surface area contributed by atoms with Crippen LogP contribution < -0.4 is 5.32 Å². The van der Waals surface area contributed by atoms with Crippen LogP contribution in [0.4, 0.5) is 24.5 Å². The van der Waals surface area contributed by atoms with Crippen molar-refractivity contribution in [1.29, 1.82) is 0 Å². The average molecular weight is 292 g/mol. The van der Waals surface area contributed by atoms with Crippen molar-refractivity contribution in [2.75, 3.05) is 11.9 Å². The molecule has 0 aliphatic heterocycles. The van der Waals surface area contributed by atoms with E-state index in [1.807, 2.05) is 0 Å². The molecule has 0 heterocycles. The van der Waals surface area contributed by atoms with Crippen LogP contribution in [-0.4, -0.2) is 22.7 Å². The number of nitrogens with zero attached hydrogens (tertiary/aromatic N) is 1. The molecule has 0 unspecified atom stereocenters. The molecule has 1 atom stereocenters. The molecule has 0 aliphatic rings. The predicted molar refractivity (Wildman–Crippen MR) is 67.4 cm³/mol. The van der Waals surface area contributed by atoms with Gasteiger partial charge in [-0.15, -0.1) is 0 Å². The van der Waals surface area contributed by atoms with Crippen molar-refractivity contribution >= 4 is 11.4 Å². The third-order valence-electron chi connectivity index (χ3n) is 2.85. The van der Waals surface area contributed by atoms with Gasteiger partial charge in [0.2, 0.25) is 0 Å². The molecular formula is C12H15F3N2O3. The number of nitro benzene ring substituents is 1. The van der Waals surface area contributed by atoms with Crippen molar-refractivity contribution in [3.05, 3.63) is 33.9 Å². The van der Waals surface area contributed by atoms with Gasteiger partial charge >= 0.3 is 6.18 Å². The van der Waals surface area contributed by atoms with E-state index < -0.39 is 28.4 Å². The standard InChI is InChI=1S/C12H15F3N2O3/c1-7(2)10(6-18)16-8-3-4-11(17(19)20)9(5-8)12(13,14)15/h3-5,7,10,16,18H,6H2,1-2H3/t10-/m0/s1. The largest absolute Gasteiger partial charge is 0.423 e. The van der Waals surface area contributed by atoms with Gasteiger partial charge in [0.15, 0.2) is 0 Å². The summed E-state index contributed by atoms with van der Waals surface area (Å²) in [6.45, 7) is 3.34. The molecule has 0 spiro atoms. The lowest BCUT2D eigenvalue weighted by atomic mass is 10.0. The Morgan fingerprint density at radius 1 is 1.40 bits per heavy atom. The fraction of sp³-hybridized carbons (Fsp3) is 0.500. The first kappa shape index (κ1) is 16.2. The highest BCUT2D eigenvalue weighted by atomic mass is 19.4. The number of alkyl halides is 3. The first-order valence-electron chi connectivity index (χ1n) is 5.89. The molecule has 5 nitrogen and oxygen atoms in total. The summed E-state index contributed by atoms with van der Waals surface area (Å²) in [5.41, 5.74) is -2.23. The van der Waals surface area contributed by atoms with E-state index in [9.17, 15) is 23.3 Å². The zero-order valence-electron chi connectivity index (χ0n) is 10.9. The van der Waals surface area contributed by atoms with Gasteiger partial charge in [-0.3, -0.25) is 10.1 Å². The van der Waals surface area contributed by atoms with Gasteiger partial charge in [0.25, 0.3) is 5.69 Å². The highest BCUT2D eigenvalue weighted by Gasteiger charge is 2.38. The van der Waals surface area contributed by atoms with E-state index in [1.165, 1.54) is 6.07 Å². The van der Waals surface area contributed by atoms with E-state index >= 15 is 0 Å². The summed E-state index contributed by atoms with van der Waals surface area (Å²) in [6.07, 6.45) is -4.81. The van der Waals surface area contributed by atoms with E-state index in [0.29, 0.717) is 6.07 Å². The molecule has 0 saturated heterocycles. The zero-order chi connectivity index (χ0) is 15.5. The molecule has 8 heteroatoms. The number of hydrogen-bond donors (Lipinski definition) is 2. The van der Waals surface area contributed by atoms with Gasteiger partial charge in [-0.1, -0.05) is 13.8 Å². The maximum Gasteiger partial charge on any atom is 0.423 e. The fourth-order valence-electron chi connectivity index (χ4n) is 1.65. The lowest BCUT2D eigenvalue weighted by molar-refractivity contribution is -0.388. The van der Waals surface area contributed by atoms with Gasteiger partial charge in [-0.25, -0.2) is 0 Å². The predicted octanol–water partition coefficient (Wildman–Crippen LogP) is 3.04. The minimum Gasteiger partial charge on any atom is -0.394 e. The molecule has 0 amide bonds. The second-order valence-corrected chi connectivity index (χ2v) is 4.66. The number of aliphatic hydroxyl groups excluding tert-OH is 1. The molecule has 0 aromatic heterocycles. The molecular weight excluding hydrogens is 277 g/mol. The molecule has 1 aromatic carbocycles. The van der Waals surface area contributed by atoms with Gasteiger partial charge in [0, 0.05) is 11.8 Å². The van der Waals surface area contributed by atoms with Crippen molar-refractivity contribution in [3.8, 4) is 0 Å². The number of hydrogen-bond acceptors (Lipinski definition) is 4. The highest BCUT2D eigenvalue weighted by Crippen LogP contribution is 2.37. The number of nitrogens with one attached hydrogen (secondary N) is 1. The van der Waals surface area contributed by atoms with Crippen LogP contribution in [0.3, 0.4) is 0 Å². The molecule has 2 N–H and O–H groups in total. The Hall–Kier alpha value is -1.83. The molecule has 20 heavy (non-hydrogen) atoms. The lowest BCUT2D eigenvalue weighted by Gasteiger charge is -2.21. The number of halogens is 3. The maximum absolute atomic E-state index is 12.8. The van der Waals surface area contributed by atoms with Crippen molar-refractivity contribution in [1.82, 2.24) is 0 Å². The Morgan fingerprint density at radius 2 is 2.00 bits per heavy atom. The van der Waals surface area contributed by atoms with Gasteiger partial charge in [0.05, 0.1) is 17.6 Å². The first-order chi connectivity index (χ1) is 9.16. The van der Waals surface area contributed by atoms with Crippen LogP contribution in [0.1, 0.15) is 19.4 Å². The molecule has 1 rings (SSSR count). The summed E-state index contributed by atoms with van der Waals surface area (Å²) in [5, 5.41) is 22.5. The Morgan fingerprint density at radius 3 is 2.40 bits per heavy atom. The van der Waals surface area contributed by atoms with E-state index in [1.54, 1.807) is 13.8 Å². The van der Waals surface area contributed by atoms with Crippen LogP contribution in [-0.2, 0) is 6.18 Å². The minimum atomic E-state index is -4.81. The molecule has 112 valence electrons. The van der Waals surface area contributed by atoms with Crippen molar-refractivity contribution in [2.45, 2.75) is 26.1 Å².